The summed E-state index contributed by atoms with van der Waals surface area (Å²) in [4.78, 5) is 11.3. The second-order valence-corrected chi connectivity index (χ2v) is 4.73. The highest BCUT2D eigenvalue weighted by Crippen LogP contribution is 2.36. The molecule has 1 N–H and O–H groups in total. The van der Waals surface area contributed by atoms with Crippen LogP contribution in [-0.4, -0.2) is 37.5 Å². The molecule has 18 heavy (non-hydrogen) atoms. The lowest BCUT2D eigenvalue weighted by molar-refractivity contribution is -0.179. The minimum Gasteiger partial charge on any atom is -0.486 e. The van der Waals surface area contributed by atoms with Crippen LogP contribution >= 0.6 is 0 Å². The quantitative estimate of drug-likeness (QED) is 0.870. The van der Waals surface area contributed by atoms with Gasteiger partial charge >= 0.3 is 5.97 Å². The topological polar surface area (TPSA) is 65.0 Å². The van der Waals surface area contributed by atoms with E-state index in [0.717, 1.165) is 11.3 Å². The van der Waals surface area contributed by atoms with Gasteiger partial charge in [-0.2, -0.15) is 0 Å². The van der Waals surface area contributed by atoms with Crippen LogP contribution in [0.4, 0.5) is 0 Å². The van der Waals surface area contributed by atoms with Gasteiger partial charge in [0.05, 0.1) is 13.2 Å². The summed E-state index contributed by atoms with van der Waals surface area (Å²) >= 11 is 0. The highest BCUT2D eigenvalue weighted by molar-refractivity contribution is 5.76. The molecule has 1 saturated heterocycles. The molecular weight excluding hydrogens is 236 g/mol. The first-order chi connectivity index (χ1) is 8.70. The zero-order valence-corrected chi connectivity index (χ0v) is 9.85. The molecule has 0 saturated carbocycles. The zero-order chi connectivity index (χ0) is 12.6. The Kier molecular flexibility index (Phi) is 2.63. The Morgan fingerprint density at radius 1 is 1.22 bits per heavy atom. The first-order valence-electron chi connectivity index (χ1n) is 5.89. The standard InChI is InChI=1S/C13H14O5/c14-12(15)13(7-16-8-13)6-9-1-2-10-11(5-9)18-4-3-17-10/h1-2,5H,3-4,6-8H2,(H,14,15). The number of benzene rings is 1. The number of hydrogen-bond donors (Lipinski definition) is 1. The van der Waals surface area contributed by atoms with E-state index in [9.17, 15) is 9.90 Å². The number of hydrogen-bond acceptors (Lipinski definition) is 4. The van der Waals surface area contributed by atoms with Crippen molar-refractivity contribution in [3.63, 3.8) is 0 Å². The van der Waals surface area contributed by atoms with E-state index in [1.807, 2.05) is 18.2 Å². The van der Waals surface area contributed by atoms with Gasteiger partial charge in [-0.05, 0) is 24.1 Å². The molecule has 1 aromatic carbocycles. The van der Waals surface area contributed by atoms with Gasteiger partial charge in [0, 0.05) is 0 Å². The van der Waals surface area contributed by atoms with E-state index in [1.165, 1.54) is 0 Å². The zero-order valence-electron chi connectivity index (χ0n) is 9.85. The molecule has 0 bridgehead atoms. The van der Waals surface area contributed by atoms with Crippen molar-refractivity contribution in [1.82, 2.24) is 0 Å². The summed E-state index contributed by atoms with van der Waals surface area (Å²) in [5.74, 6) is 0.613. The van der Waals surface area contributed by atoms with Crippen LogP contribution in [0, 0.1) is 5.41 Å². The molecule has 2 heterocycles. The lowest BCUT2D eigenvalue weighted by Crippen LogP contribution is -2.50. The maximum absolute atomic E-state index is 11.3. The summed E-state index contributed by atoms with van der Waals surface area (Å²) in [6.45, 7) is 1.64. The van der Waals surface area contributed by atoms with Crippen LogP contribution in [0.2, 0.25) is 0 Å². The largest absolute Gasteiger partial charge is 0.486 e. The van der Waals surface area contributed by atoms with Gasteiger partial charge in [0.1, 0.15) is 18.6 Å². The fourth-order valence-electron chi connectivity index (χ4n) is 2.24. The summed E-state index contributed by atoms with van der Waals surface area (Å²) < 4.78 is 16.0. The molecule has 0 unspecified atom stereocenters. The average Bonchev–Trinajstić information content (AvgIpc) is 2.33. The maximum Gasteiger partial charge on any atom is 0.314 e. The number of carboxylic acid groups (broad SMARTS) is 1. The number of ether oxygens (including phenoxy) is 3. The van der Waals surface area contributed by atoms with Gasteiger partial charge in [-0.3, -0.25) is 4.79 Å². The third-order valence-corrected chi connectivity index (χ3v) is 3.36. The molecule has 0 radical (unpaired) electrons. The minimum absolute atomic E-state index is 0.275. The van der Waals surface area contributed by atoms with Gasteiger partial charge in [-0.15, -0.1) is 0 Å². The molecule has 0 spiro atoms. The molecule has 2 aliphatic heterocycles. The van der Waals surface area contributed by atoms with E-state index in [4.69, 9.17) is 14.2 Å². The van der Waals surface area contributed by atoms with Crippen LogP contribution in [0.3, 0.4) is 0 Å². The van der Waals surface area contributed by atoms with Gasteiger partial charge in [-0.1, -0.05) is 6.07 Å². The van der Waals surface area contributed by atoms with E-state index < -0.39 is 11.4 Å². The van der Waals surface area contributed by atoms with Gasteiger partial charge in [0.2, 0.25) is 0 Å². The predicted octanol–water partition coefficient (Wildman–Crippen LogP) is 1.10. The van der Waals surface area contributed by atoms with Crippen molar-refractivity contribution in [3.05, 3.63) is 23.8 Å². The summed E-state index contributed by atoms with van der Waals surface area (Å²) in [7, 11) is 0. The van der Waals surface area contributed by atoms with Crippen molar-refractivity contribution in [1.29, 1.82) is 0 Å². The molecule has 3 rings (SSSR count). The molecule has 5 heteroatoms. The highest BCUT2D eigenvalue weighted by atomic mass is 16.6. The van der Waals surface area contributed by atoms with Gasteiger partial charge < -0.3 is 19.3 Å². The Morgan fingerprint density at radius 3 is 2.56 bits per heavy atom. The number of fused-ring (bicyclic) bond motifs is 1. The summed E-state index contributed by atoms with van der Waals surface area (Å²) in [5, 5.41) is 9.25. The smallest absolute Gasteiger partial charge is 0.314 e. The molecule has 0 atom stereocenters. The van der Waals surface area contributed by atoms with Gasteiger partial charge in [0.15, 0.2) is 11.5 Å². The van der Waals surface area contributed by atoms with E-state index in [0.29, 0.717) is 25.4 Å². The van der Waals surface area contributed by atoms with Gasteiger partial charge in [0.25, 0.3) is 0 Å². The second-order valence-electron chi connectivity index (χ2n) is 4.73. The number of rotatable bonds is 3. The minimum atomic E-state index is -0.802. The molecule has 0 aliphatic carbocycles. The van der Waals surface area contributed by atoms with E-state index in [1.54, 1.807) is 0 Å². The van der Waals surface area contributed by atoms with Crippen LogP contribution in [-0.2, 0) is 16.0 Å². The molecule has 1 fully saturated rings. The summed E-state index contributed by atoms with van der Waals surface area (Å²) in [6, 6.07) is 5.58. The normalized spacial score (nSPS) is 20.0. The Balaban J connectivity index is 1.82. The summed E-state index contributed by atoms with van der Waals surface area (Å²) in [5.41, 5.74) is 0.161. The molecule has 1 aromatic rings. The SMILES string of the molecule is O=C(O)C1(Cc2ccc3c(c2)OCCO3)COC1. The van der Waals surface area contributed by atoms with Crippen molar-refractivity contribution in [3.8, 4) is 11.5 Å². The highest BCUT2D eigenvalue weighted by Gasteiger charge is 2.46. The maximum atomic E-state index is 11.3. The van der Waals surface area contributed by atoms with Crippen molar-refractivity contribution in [2.24, 2.45) is 5.41 Å². The Labute approximate surface area is 104 Å². The Morgan fingerprint density at radius 2 is 1.94 bits per heavy atom. The second kappa shape index (κ2) is 4.17. The van der Waals surface area contributed by atoms with Gasteiger partial charge in [-0.25, -0.2) is 0 Å². The first-order valence-corrected chi connectivity index (χ1v) is 5.89. The molecule has 96 valence electrons. The van der Waals surface area contributed by atoms with Crippen LogP contribution in [0.15, 0.2) is 18.2 Å². The molecule has 2 aliphatic rings. The molecule has 0 amide bonds. The monoisotopic (exact) mass is 250 g/mol. The Bertz CT molecular complexity index is 478. The number of aliphatic carboxylic acids is 1. The predicted molar refractivity (Wildman–Crippen MR) is 62.0 cm³/mol. The van der Waals surface area contributed by atoms with Crippen LogP contribution in [0.25, 0.3) is 0 Å². The van der Waals surface area contributed by atoms with Crippen molar-refractivity contribution in [2.75, 3.05) is 26.4 Å². The molecular formula is C13H14O5. The lowest BCUT2D eigenvalue weighted by Gasteiger charge is -2.37. The summed E-state index contributed by atoms with van der Waals surface area (Å²) in [6.07, 6.45) is 0.457. The van der Waals surface area contributed by atoms with Crippen LogP contribution in [0.1, 0.15) is 5.56 Å². The Hall–Kier alpha value is -1.75. The fourth-order valence-corrected chi connectivity index (χ4v) is 2.24. The lowest BCUT2D eigenvalue weighted by atomic mass is 9.80. The van der Waals surface area contributed by atoms with Crippen molar-refractivity contribution >= 4 is 5.97 Å². The first kappa shape index (κ1) is 11.3. The third kappa shape index (κ3) is 1.80. The van der Waals surface area contributed by atoms with Crippen molar-refractivity contribution < 1.29 is 24.1 Å². The van der Waals surface area contributed by atoms with E-state index in [-0.39, 0.29) is 13.2 Å². The number of carboxylic acids is 1. The van der Waals surface area contributed by atoms with Crippen LogP contribution in [0.5, 0.6) is 11.5 Å². The third-order valence-electron chi connectivity index (χ3n) is 3.36. The van der Waals surface area contributed by atoms with E-state index >= 15 is 0 Å². The molecule has 0 aromatic heterocycles. The average molecular weight is 250 g/mol. The number of carbonyl (C=O) groups is 1. The van der Waals surface area contributed by atoms with E-state index in [2.05, 4.69) is 0 Å². The molecule has 5 nitrogen and oxygen atoms in total. The van der Waals surface area contributed by atoms with Crippen molar-refractivity contribution in [2.45, 2.75) is 6.42 Å². The fraction of sp³-hybridized carbons (Fsp3) is 0.462. The van der Waals surface area contributed by atoms with Crippen LogP contribution < -0.4 is 9.47 Å².